The van der Waals surface area contributed by atoms with Gasteiger partial charge in [-0.1, -0.05) is 12.2 Å². The summed E-state index contributed by atoms with van der Waals surface area (Å²) < 4.78 is 0. The number of hydrogen-bond donors (Lipinski definition) is 2. The molecule has 0 aliphatic carbocycles. The molecule has 14 heavy (non-hydrogen) atoms. The van der Waals surface area contributed by atoms with Crippen molar-refractivity contribution in [2.45, 2.75) is 25.4 Å². The molecule has 4 nitrogen and oxygen atoms in total. The first kappa shape index (κ1) is 12.9. The highest BCUT2D eigenvalue weighted by molar-refractivity contribution is 5.75. The van der Waals surface area contributed by atoms with Crippen molar-refractivity contribution in [3.05, 3.63) is 25.3 Å². The van der Waals surface area contributed by atoms with E-state index in [4.69, 9.17) is 9.94 Å². The third kappa shape index (κ3) is 7.52. The van der Waals surface area contributed by atoms with Crippen molar-refractivity contribution in [2.75, 3.05) is 6.61 Å². The van der Waals surface area contributed by atoms with Gasteiger partial charge in [0.05, 0.1) is 19.1 Å². The van der Waals surface area contributed by atoms with Crippen molar-refractivity contribution in [1.82, 2.24) is 5.48 Å². The summed E-state index contributed by atoms with van der Waals surface area (Å²) in [6.07, 6.45) is 3.92. The SMILES string of the molecule is C=CCCCONC(=O)C[C@H](O)C=C. The van der Waals surface area contributed by atoms with Gasteiger partial charge in [0.1, 0.15) is 0 Å². The summed E-state index contributed by atoms with van der Waals surface area (Å²) in [6.45, 7) is 7.36. The minimum atomic E-state index is -0.813. The normalized spacial score (nSPS) is 11.8. The molecule has 0 bridgehead atoms. The predicted octanol–water partition coefficient (Wildman–Crippen LogP) is 0.937. The van der Waals surface area contributed by atoms with E-state index < -0.39 is 6.10 Å². The highest BCUT2D eigenvalue weighted by Crippen LogP contribution is 1.92. The summed E-state index contributed by atoms with van der Waals surface area (Å²) in [6, 6.07) is 0. The second kappa shape index (κ2) is 8.47. The number of carbonyl (C=O) groups is 1. The third-order valence-electron chi connectivity index (χ3n) is 1.51. The predicted molar refractivity (Wildman–Crippen MR) is 54.3 cm³/mol. The molecule has 0 aliphatic rings. The summed E-state index contributed by atoms with van der Waals surface area (Å²) >= 11 is 0. The van der Waals surface area contributed by atoms with Crippen LogP contribution < -0.4 is 5.48 Å². The minimum absolute atomic E-state index is 0.0229. The van der Waals surface area contributed by atoms with Gasteiger partial charge in [0, 0.05) is 0 Å². The number of unbranched alkanes of at least 4 members (excludes halogenated alkanes) is 1. The topological polar surface area (TPSA) is 58.6 Å². The summed E-state index contributed by atoms with van der Waals surface area (Å²) in [5, 5.41) is 9.02. The largest absolute Gasteiger partial charge is 0.389 e. The van der Waals surface area contributed by atoms with Crippen LogP contribution in [0.2, 0.25) is 0 Å². The van der Waals surface area contributed by atoms with Gasteiger partial charge in [-0.3, -0.25) is 9.63 Å². The zero-order valence-electron chi connectivity index (χ0n) is 8.24. The van der Waals surface area contributed by atoms with E-state index in [2.05, 4.69) is 18.6 Å². The molecule has 1 amide bonds. The molecule has 0 heterocycles. The maximum absolute atomic E-state index is 11.0. The van der Waals surface area contributed by atoms with Crippen LogP contribution in [0.4, 0.5) is 0 Å². The first-order valence-electron chi connectivity index (χ1n) is 4.53. The van der Waals surface area contributed by atoms with E-state index >= 15 is 0 Å². The number of allylic oxidation sites excluding steroid dienone is 1. The monoisotopic (exact) mass is 199 g/mol. The minimum Gasteiger partial charge on any atom is -0.389 e. The Morgan fingerprint density at radius 3 is 2.86 bits per heavy atom. The molecule has 0 rings (SSSR count). The van der Waals surface area contributed by atoms with Gasteiger partial charge in [0.25, 0.3) is 0 Å². The molecule has 0 saturated carbocycles. The van der Waals surface area contributed by atoms with Crippen molar-refractivity contribution in [3.8, 4) is 0 Å². The smallest absolute Gasteiger partial charge is 0.246 e. The van der Waals surface area contributed by atoms with Crippen LogP contribution in [0.1, 0.15) is 19.3 Å². The Bertz CT molecular complexity index is 192. The number of hydrogen-bond acceptors (Lipinski definition) is 3. The van der Waals surface area contributed by atoms with E-state index in [9.17, 15) is 4.79 Å². The Hall–Kier alpha value is -1.13. The number of aliphatic hydroxyl groups is 1. The molecular formula is C10H17NO3. The number of nitrogens with one attached hydrogen (secondary N) is 1. The van der Waals surface area contributed by atoms with E-state index in [-0.39, 0.29) is 12.3 Å². The Morgan fingerprint density at radius 2 is 2.29 bits per heavy atom. The van der Waals surface area contributed by atoms with E-state index in [0.717, 1.165) is 12.8 Å². The summed E-state index contributed by atoms with van der Waals surface area (Å²) in [4.78, 5) is 15.8. The van der Waals surface area contributed by atoms with Crippen LogP contribution in [0.3, 0.4) is 0 Å². The van der Waals surface area contributed by atoms with Gasteiger partial charge in [0.2, 0.25) is 5.91 Å². The van der Waals surface area contributed by atoms with E-state index in [1.54, 1.807) is 6.08 Å². The van der Waals surface area contributed by atoms with Crippen molar-refractivity contribution < 1.29 is 14.7 Å². The summed E-state index contributed by atoms with van der Waals surface area (Å²) in [5.41, 5.74) is 2.23. The molecule has 0 aromatic heterocycles. The molecule has 0 aromatic carbocycles. The summed E-state index contributed by atoms with van der Waals surface area (Å²) in [7, 11) is 0. The van der Waals surface area contributed by atoms with Crippen LogP contribution in [-0.4, -0.2) is 23.7 Å². The second-order valence-corrected chi connectivity index (χ2v) is 2.81. The Morgan fingerprint density at radius 1 is 1.57 bits per heavy atom. The van der Waals surface area contributed by atoms with Crippen LogP contribution in [0.15, 0.2) is 25.3 Å². The fraction of sp³-hybridized carbons (Fsp3) is 0.500. The van der Waals surface area contributed by atoms with E-state index in [1.165, 1.54) is 6.08 Å². The molecule has 4 heteroatoms. The lowest BCUT2D eigenvalue weighted by Crippen LogP contribution is -2.27. The molecule has 0 aromatic rings. The van der Waals surface area contributed by atoms with Crippen molar-refractivity contribution >= 4 is 5.91 Å². The molecule has 0 saturated heterocycles. The zero-order chi connectivity index (χ0) is 10.8. The quantitative estimate of drug-likeness (QED) is 0.347. The number of rotatable bonds is 8. The maximum atomic E-state index is 11.0. The van der Waals surface area contributed by atoms with E-state index in [0.29, 0.717) is 6.61 Å². The van der Waals surface area contributed by atoms with E-state index in [1.807, 2.05) is 0 Å². The van der Waals surface area contributed by atoms with Gasteiger partial charge in [-0.2, -0.15) is 0 Å². The number of aliphatic hydroxyl groups excluding tert-OH is 1. The van der Waals surface area contributed by atoms with Crippen molar-refractivity contribution in [2.24, 2.45) is 0 Å². The average molecular weight is 199 g/mol. The van der Waals surface area contributed by atoms with Gasteiger partial charge in [-0.05, 0) is 12.8 Å². The van der Waals surface area contributed by atoms with Crippen LogP contribution >= 0.6 is 0 Å². The first-order valence-corrected chi connectivity index (χ1v) is 4.53. The lowest BCUT2D eigenvalue weighted by molar-refractivity contribution is -0.135. The van der Waals surface area contributed by atoms with Crippen LogP contribution in [0, 0.1) is 0 Å². The fourth-order valence-corrected chi connectivity index (χ4v) is 0.746. The van der Waals surface area contributed by atoms with Gasteiger partial charge in [-0.15, -0.1) is 13.2 Å². The van der Waals surface area contributed by atoms with Gasteiger partial charge in [-0.25, -0.2) is 5.48 Å². The highest BCUT2D eigenvalue weighted by atomic mass is 16.6. The lowest BCUT2D eigenvalue weighted by Gasteiger charge is -2.06. The van der Waals surface area contributed by atoms with Gasteiger partial charge >= 0.3 is 0 Å². The Balaban J connectivity index is 3.35. The summed E-state index contributed by atoms with van der Waals surface area (Å²) in [5.74, 6) is -0.351. The fourth-order valence-electron chi connectivity index (χ4n) is 0.746. The molecule has 0 fully saturated rings. The first-order chi connectivity index (χ1) is 6.70. The Kier molecular flexibility index (Phi) is 7.78. The third-order valence-corrected chi connectivity index (χ3v) is 1.51. The zero-order valence-corrected chi connectivity index (χ0v) is 8.24. The standard InChI is InChI=1S/C10H17NO3/c1-3-5-6-7-14-11-10(13)8-9(12)4-2/h3-4,9,12H,1-2,5-8H2,(H,11,13)/t9-/m1/s1. The molecular weight excluding hydrogens is 182 g/mol. The van der Waals surface area contributed by atoms with Crippen molar-refractivity contribution in [1.29, 1.82) is 0 Å². The molecule has 0 aliphatic heterocycles. The molecule has 0 unspecified atom stereocenters. The molecule has 80 valence electrons. The number of hydroxylamine groups is 1. The second-order valence-electron chi connectivity index (χ2n) is 2.81. The van der Waals surface area contributed by atoms with Crippen molar-refractivity contribution in [3.63, 3.8) is 0 Å². The molecule has 0 radical (unpaired) electrons. The highest BCUT2D eigenvalue weighted by Gasteiger charge is 2.06. The molecule has 0 spiro atoms. The Labute approximate surface area is 84.2 Å². The van der Waals surface area contributed by atoms with Crippen LogP contribution in [0.5, 0.6) is 0 Å². The number of carbonyl (C=O) groups excluding carboxylic acids is 1. The lowest BCUT2D eigenvalue weighted by atomic mass is 10.2. The van der Waals surface area contributed by atoms with Gasteiger partial charge in [0.15, 0.2) is 0 Å². The van der Waals surface area contributed by atoms with Crippen LogP contribution in [0.25, 0.3) is 0 Å². The number of amides is 1. The maximum Gasteiger partial charge on any atom is 0.246 e. The average Bonchev–Trinajstić information content (AvgIpc) is 2.17. The molecule has 1 atom stereocenters. The van der Waals surface area contributed by atoms with Crippen LogP contribution in [-0.2, 0) is 9.63 Å². The molecule has 2 N–H and O–H groups in total. The van der Waals surface area contributed by atoms with Gasteiger partial charge < -0.3 is 5.11 Å².